The number of aromatic nitrogens is 3. The highest BCUT2D eigenvalue weighted by molar-refractivity contribution is 6.10. The molecule has 0 fully saturated rings. The summed E-state index contributed by atoms with van der Waals surface area (Å²) in [4.78, 5) is 29.8. The molecule has 0 unspecified atom stereocenters. The van der Waals surface area contributed by atoms with Gasteiger partial charge in [0.25, 0.3) is 11.8 Å². The highest BCUT2D eigenvalue weighted by Crippen LogP contribution is 2.21. The van der Waals surface area contributed by atoms with Gasteiger partial charge in [-0.25, -0.2) is 9.67 Å². The van der Waals surface area contributed by atoms with Gasteiger partial charge >= 0.3 is 0 Å². The summed E-state index contributed by atoms with van der Waals surface area (Å²) >= 11 is 0. The molecule has 0 aliphatic carbocycles. The van der Waals surface area contributed by atoms with E-state index >= 15 is 0 Å². The van der Waals surface area contributed by atoms with Crippen molar-refractivity contribution in [2.75, 3.05) is 11.9 Å². The zero-order valence-corrected chi connectivity index (χ0v) is 16.2. The molecule has 0 atom stereocenters. The third kappa shape index (κ3) is 3.78. The van der Waals surface area contributed by atoms with Gasteiger partial charge in [-0.05, 0) is 39.0 Å². The van der Waals surface area contributed by atoms with Gasteiger partial charge in [-0.15, -0.1) is 6.58 Å². The van der Waals surface area contributed by atoms with Crippen LogP contribution in [0.3, 0.4) is 0 Å². The van der Waals surface area contributed by atoms with Crippen molar-refractivity contribution in [3.63, 3.8) is 0 Å². The normalized spacial score (nSPS) is 10.9. The maximum atomic E-state index is 12.9. The van der Waals surface area contributed by atoms with Gasteiger partial charge in [-0.3, -0.25) is 9.59 Å². The van der Waals surface area contributed by atoms with Crippen molar-refractivity contribution in [2.45, 2.75) is 26.8 Å². The number of carbonyl (C=O) groups excluding carboxylic acids is 2. The van der Waals surface area contributed by atoms with E-state index in [1.165, 1.54) is 0 Å². The molecule has 7 nitrogen and oxygen atoms in total. The average molecular weight is 377 g/mol. The van der Waals surface area contributed by atoms with Crippen molar-refractivity contribution in [3.05, 3.63) is 66.0 Å². The first-order valence-electron chi connectivity index (χ1n) is 9.06. The van der Waals surface area contributed by atoms with E-state index in [0.29, 0.717) is 29.1 Å². The van der Waals surface area contributed by atoms with Crippen molar-refractivity contribution in [2.24, 2.45) is 0 Å². The fourth-order valence-electron chi connectivity index (χ4n) is 2.91. The van der Waals surface area contributed by atoms with Crippen molar-refractivity contribution < 1.29 is 9.59 Å². The Bertz CT molecular complexity index is 1050. The van der Waals surface area contributed by atoms with E-state index in [1.54, 1.807) is 49.5 Å². The Kier molecular flexibility index (Phi) is 5.54. The van der Waals surface area contributed by atoms with Crippen LogP contribution in [-0.2, 0) is 0 Å². The van der Waals surface area contributed by atoms with Gasteiger partial charge in [0.05, 0.1) is 28.7 Å². The molecule has 0 saturated carbocycles. The van der Waals surface area contributed by atoms with Crippen LogP contribution in [0, 0.1) is 6.92 Å². The lowest BCUT2D eigenvalue weighted by atomic mass is 10.1. The van der Waals surface area contributed by atoms with Crippen molar-refractivity contribution in [3.8, 4) is 0 Å². The molecule has 28 heavy (non-hydrogen) atoms. The van der Waals surface area contributed by atoms with E-state index in [1.807, 2.05) is 18.5 Å². The van der Waals surface area contributed by atoms with Crippen molar-refractivity contribution in [1.82, 2.24) is 20.1 Å². The van der Waals surface area contributed by atoms with E-state index in [2.05, 4.69) is 27.3 Å². The van der Waals surface area contributed by atoms with Gasteiger partial charge in [0.2, 0.25) is 0 Å². The summed E-state index contributed by atoms with van der Waals surface area (Å²) in [6.07, 6.45) is 3.30. The summed E-state index contributed by atoms with van der Waals surface area (Å²) in [6.45, 7) is 9.77. The monoisotopic (exact) mass is 377 g/mol. The van der Waals surface area contributed by atoms with Crippen LogP contribution >= 0.6 is 0 Å². The van der Waals surface area contributed by atoms with Gasteiger partial charge in [0.1, 0.15) is 0 Å². The number of aryl methyl sites for hydroxylation is 1. The second-order valence-corrected chi connectivity index (χ2v) is 6.72. The van der Waals surface area contributed by atoms with Gasteiger partial charge in [-0.2, -0.15) is 5.10 Å². The molecule has 2 amide bonds. The van der Waals surface area contributed by atoms with E-state index in [4.69, 9.17) is 0 Å². The highest BCUT2D eigenvalue weighted by Gasteiger charge is 2.18. The van der Waals surface area contributed by atoms with Crippen LogP contribution in [0.25, 0.3) is 11.0 Å². The summed E-state index contributed by atoms with van der Waals surface area (Å²) < 4.78 is 1.82. The lowest BCUT2D eigenvalue weighted by Crippen LogP contribution is -2.25. The van der Waals surface area contributed by atoms with Gasteiger partial charge < -0.3 is 10.6 Å². The first-order chi connectivity index (χ1) is 13.4. The van der Waals surface area contributed by atoms with Crippen LogP contribution in [-0.4, -0.2) is 33.1 Å². The van der Waals surface area contributed by atoms with Crippen LogP contribution in [0.2, 0.25) is 0 Å². The summed E-state index contributed by atoms with van der Waals surface area (Å²) in [7, 11) is 0. The van der Waals surface area contributed by atoms with Crippen LogP contribution in [0.15, 0.2) is 49.2 Å². The molecule has 2 N–H and O–H groups in total. The molecular formula is C21H23N5O2. The molecule has 1 aromatic carbocycles. The highest BCUT2D eigenvalue weighted by atomic mass is 16.2. The predicted octanol–water partition coefficient (Wildman–Crippen LogP) is 3.49. The smallest absolute Gasteiger partial charge is 0.257 e. The molecule has 0 aliphatic heterocycles. The minimum absolute atomic E-state index is 0.171. The molecule has 0 saturated heterocycles. The van der Waals surface area contributed by atoms with Gasteiger partial charge in [-0.1, -0.05) is 18.2 Å². The third-order valence-electron chi connectivity index (χ3n) is 4.32. The Morgan fingerprint density at radius 3 is 2.68 bits per heavy atom. The summed E-state index contributed by atoms with van der Waals surface area (Å²) in [5, 5.41) is 10.7. The first-order valence-corrected chi connectivity index (χ1v) is 9.06. The largest absolute Gasteiger partial charge is 0.349 e. The quantitative estimate of drug-likeness (QED) is 0.644. The molecule has 0 aliphatic rings. The number of rotatable bonds is 6. The van der Waals surface area contributed by atoms with Crippen LogP contribution < -0.4 is 10.6 Å². The second-order valence-electron chi connectivity index (χ2n) is 6.72. The zero-order valence-electron chi connectivity index (χ0n) is 16.2. The van der Waals surface area contributed by atoms with Crippen LogP contribution in [0.1, 0.15) is 46.3 Å². The van der Waals surface area contributed by atoms with E-state index in [0.717, 1.165) is 11.0 Å². The zero-order chi connectivity index (χ0) is 20.3. The lowest BCUT2D eigenvalue weighted by Gasteiger charge is -2.12. The number of pyridine rings is 1. The molecule has 2 aromatic heterocycles. The van der Waals surface area contributed by atoms with E-state index < -0.39 is 0 Å². The van der Waals surface area contributed by atoms with Crippen LogP contribution in [0.4, 0.5) is 5.69 Å². The topological polar surface area (TPSA) is 88.9 Å². The maximum Gasteiger partial charge on any atom is 0.257 e. The number of nitrogens with one attached hydrogen (secondary N) is 2. The Balaban J connectivity index is 1.91. The number of hydrogen-bond acceptors (Lipinski definition) is 4. The second kappa shape index (κ2) is 8.04. The molecule has 0 bridgehead atoms. The summed E-state index contributed by atoms with van der Waals surface area (Å²) in [5.74, 6) is -0.604. The van der Waals surface area contributed by atoms with E-state index in [9.17, 15) is 9.59 Å². The molecule has 7 heteroatoms. The average Bonchev–Trinajstić information content (AvgIpc) is 3.08. The maximum absolute atomic E-state index is 12.9. The van der Waals surface area contributed by atoms with Crippen LogP contribution in [0.5, 0.6) is 0 Å². The number of para-hydroxylation sites is 1. The number of benzene rings is 1. The molecular weight excluding hydrogens is 354 g/mol. The van der Waals surface area contributed by atoms with Gasteiger partial charge in [0, 0.05) is 18.0 Å². The molecule has 2 heterocycles. The number of fused-ring (bicyclic) bond motifs is 1. The standard InChI is InChI=1S/C21H23N5O2/c1-5-10-22-20(27)16-8-6-7-9-18(16)25-21(28)17-11-15-12-23-26(13(2)3)19(15)24-14(17)4/h5-9,11-13H,1,10H2,2-4H3,(H,22,27)(H,25,28). The Hall–Kier alpha value is -3.48. The fraction of sp³-hybridized carbons (Fsp3) is 0.238. The minimum Gasteiger partial charge on any atom is -0.349 e. The number of hydrogen-bond donors (Lipinski definition) is 2. The summed E-state index contributed by atoms with van der Waals surface area (Å²) in [6, 6.07) is 8.82. The predicted molar refractivity (Wildman–Crippen MR) is 110 cm³/mol. The fourth-order valence-corrected chi connectivity index (χ4v) is 2.91. The molecule has 3 rings (SSSR count). The Morgan fingerprint density at radius 1 is 1.21 bits per heavy atom. The SMILES string of the molecule is C=CCNC(=O)c1ccccc1NC(=O)c1cc2cnn(C(C)C)c2nc1C. The molecule has 0 spiro atoms. The Labute approximate surface area is 163 Å². The summed E-state index contributed by atoms with van der Waals surface area (Å²) in [5.41, 5.74) is 2.61. The van der Waals surface area contributed by atoms with Gasteiger partial charge in [0.15, 0.2) is 5.65 Å². The van der Waals surface area contributed by atoms with E-state index in [-0.39, 0.29) is 17.9 Å². The first kappa shape index (κ1) is 19.3. The number of carbonyl (C=O) groups is 2. The Morgan fingerprint density at radius 2 is 1.96 bits per heavy atom. The molecule has 3 aromatic rings. The number of amides is 2. The molecule has 0 radical (unpaired) electrons. The minimum atomic E-state index is -0.326. The number of anilines is 1. The third-order valence-corrected chi connectivity index (χ3v) is 4.32. The lowest BCUT2D eigenvalue weighted by molar-refractivity contribution is 0.0959. The number of nitrogens with zero attached hydrogens (tertiary/aromatic N) is 3. The molecule has 144 valence electrons. The van der Waals surface area contributed by atoms with Crippen molar-refractivity contribution in [1.29, 1.82) is 0 Å². The van der Waals surface area contributed by atoms with Crippen molar-refractivity contribution >= 4 is 28.5 Å².